The molecule has 94 valence electrons. The average molecular weight is 315 g/mol. The molecule has 0 bridgehead atoms. The van der Waals surface area contributed by atoms with Gasteiger partial charge in [0.15, 0.2) is 0 Å². The molecule has 0 aliphatic carbocycles. The van der Waals surface area contributed by atoms with Crippen LogP contribution in [0.2, 0.25) is 0 Å². The Morgan fingerprint density at radius 3 is 2.68 bits per heavy atom. The average Bonchev–Trinajstić information content (AvgIpc) is 2.44. The fourth-order valence-electron chi connectivity index (χ4n) is 2.02. The molecule has 1 aromatic heterocycles. The van der Waals surface area contributed by atoms with Gasteiger partial charge in [0.05, 0.1) is 18.1 Å². The molecule has 2 aromatic carbocycles. The molecular formula is C15H11BrN2O. The second-order valence-electron chi connectivity index (χ2n) is 4.32. The summed E-state index contributed by atoms with van der Waals surface area (Å²) in [4.78, 5) is 12.4. The van der Waals surface area contributed by atoms with Gasteiger partial charge < -0.3 is 0 Å². The molecule has 0 atom stereocenters. The molecule has 0 unspecified atom stereocenters. The van der Waals surface area contributed by atoms with Crippen LogP contribution in [0.1, 0.15) is 5.56 Å². The minimum atomic E-state index is -0.0670. The molecule has 3 aromatic rings. The Labute approximate surface area is 118 Å². The standard InChI is InChI=1S/C15H11BrN2O/c16-13-7-6-12-9-17-18(15(19)14(12)8-13)10-11-4-2-1-3-5-11/h1-9H,10H2. The summed E-state index contributed by atoms with van der Waals surface area (Å²) in [6.45, 7) is 0.488. The zero-order valence-electron chi connectivity index (χ0n) is 10.1. The molecule has 1 heterocycles. The summed E-state index contributed by atoms with van der Waals surface area (Å²) in [6, 6.07) is 15.5. The Kier molecular flexibility index (Phi) is 3.17. The predicted octanol–water partition coefficient (Wildman–Crippen LogP) is 3.21. The van der Waals surface area contributed by atoms with Gasteiger partial charge in [0.1, 0.15) is 0 Å². The van der Waals surface area contributed by atoms with Crippen molar-refractivity contribution in [1.82, 2.24) is 9.78 Å². The van der Waals surface area contributed by atoms with Crippen LogP contribution in [0.15, 0.2) is 64.0 Å². The molecular weight excluding hydrogens is 304 g/mol. The second kappa shape index (κ2) is 4.97. The van der Waals surface area contributed by atoms with Gasteiger partial charge in [-0.25, -0.2) is 4.68 Å². The van der Waals surface area contributed by atoms with E-state index < -0.39 is 0 Å². The lowest BCUT2D eigenvalue weighted by Crippen LogP contribution is -2.23. The van der Waals surface area contributed by atoms with Crippen LogP contribution in [0.3, 0.4) is 0 Å². The van der Waals surface area contributed by atoms with E-state index in [1.54, 1.807) is 6.20 Å². The Hall–Kier alpha value is -1.94. The highest BCUT2D eigenvalue weighted by Crippen LogP contribution is 2.15. The fourth-order valence-corrected chi connectivity index (χ4v) is 2.38. The van der Waals surface area contributed by atoms with Gasteiger partial charge in [-0.3, -0.25) is 4.79 Å². The fraction of sp³-hybridized carbons (Fsp3) is 0.0667. The summed E-state index contributed by atoms with van der Waals surface area (Å²) in [5, 5.41) is 5.76. The van der Waals surface area contributed by atoms with E-state index >= 15 is 0 Å². The monoisotopic (exact) mass is 314 g/mol. The number of hydrogen-bond acceptors (Lipinski definition) is 2. The maximum Gasteiger partial charge on any atom is 0.274 e. The van der Waals surface area contributed by atoms with Crippen LogP contribution in [0.5, 0.6) is 0 Å². The van der Waals surface area contributed by atoms with Crippen LogP contribution in [0.4, 0.5) is 0 Å². The van der Waals surface area contributed by atoms with Crippen molar-refractivity contribution in [3.8, 4) is 0 Å². The summed E-state index contributed by atoms with van der Waals surface area (Å²) in [7, 11) is 0. The number of fused-ring (bicyclic) bond motifs is 1. The van der Waals surface area contributed by atoms with Crippen LogP contribution < -0.4 is 5.56 Å². The van der Waals surface area contributed by atoms with Gasteiger partial charge in [0, 0.05) is 9.86 Å². The lowest BCUT2D eigenvalue weighted by Gasteiger charge is -2.06. The molecule has 0 saturated carbocycles. The zero-order valence-corrected chi connectivity index (χ0v) is 11.7. The van der Waals surface area contributed by atoms with E-state index in [0.717, 1.165) is 15.4 Å². The summed E-state index contributed by atoms with van der Waals surface area (Å²) < 4.78 is 2.39. The van der Waals surface area contributed by atoms with Gasteiger partial charge >= 0.3 is 0 Å². The van der Waals surface area contributed by atoms with Crippen LogP contribution in [-0.2, 0) is 6.54 Å². The normalized spacial score (nSPS) is 10.8. The highest BCUT2D eigenvalue weighted by atomic mass is 79.9. The third-order valence-corrected chi connectivity index (χ3v) is 3.48. The van der Waals surface area contributed by atoms with Crippen molar-refractivity contribution in [3.63, 3.8) is 0 Å². The number of hydrogen-bond donors (Lipinski definition) is 0. The Balaban J connectivity index is 2.10. The summed E-state index contributed by atoms with van der Waals surface area (Å²) in [6.07, 6.45) is 1.73. The molecule has 19 heavy (non-hydrogen) atoms. The Morgan fingerprint density at radius 1 is 1.11 bits per heavy atom. The van der Waals surface area contributed by atoms with E-state index in [1.807, 2.05) is 48.5 Å². The first kappa shape index (κ1) is 12.1. The molecule has 0 fully saturated rings. The maximum atomic E-state index is 12.4. The van der Waals surface area contributed by atoms with Gasteiger partial charge in [0.25, 0.3) is 5.56 Å². The van der Waals surface area contributed by atoms with Crippen molar-refractivity contribution in [2.24, 2.45) is 0 Å². The molecule has 4 heteroatoms. The molecule has 0 aliphatic heterocycles. The van der Waals surface area contributed by atoms with Crippen LogP contribution in [0.25, 0.3) is 10.8 Å². The molecule has 0 aliphatic rings. The van der Waals surface area contributed by atoms with E-state index in [1.165, 1.54) is 4.68 Å². The molecule has 0 saturated heterocycles. The first-order valence-electron chi connectivity index (χ1n) is 5.93. The molecule has 3 nitrogen and oxygen atoms in total. The van der Waals surface area contributed by atoms with Gasteiger partial charge in [-0.05, 0) is 17.7 Å². The maximum absolute atomic E-state index is 12.4. The lowest BCUT2D eigenvalue weighted by atomic mass is 10.2. The third-order valence-electron chi connectivity index (χ3n) is 2.99. The highest BCUT2D eigenvalue weighted by molar-refractivity contribution is 9.10. The van der Waals surface area contributed by atoms with Gasteiger partial charge in [-0.15, -0.1) is 0 Å². The highest BCUT2D eigenvalue weighted by Gasteiger charge is 2.05. The number of aromatic nitrogens is 2. The summed E-state index contributed by atoms with van der Waals surface area (Å²) in [5.74, 6) is 0. The van der Waals surface area contributed by atoms with Crippen molar-refractivity contribution in [1.29, 1.82) is 0 Å². The zero-order chi connectivity index (χ0) is 13.2. The van der Waals surface area contributed by atoms with Crippen molar-refractivity contribution in [3.05, 3.63) is 75.1 Å². The third kappa shape index (κ3) is 2.44. The smallest absolute Gasteiger partial charge is 0.267 e. The molecule has 0 radical (unpaired) electrons. The quantitative estimate of drug-likeness (QED) is 0.728. The van der Waals surface area contributed by atoms with E-state index in [0.29, 0.717) is 11.9 Å². The molecule has 0 spiro atoms. The molecule has 0 amide bonds. The first-order valence-corrected chi connectivity index (χ1v) is 6.73. The molecule has 3 rings (SSSR count). The van der Waals surface area contributed by atoms with Gasteiger partial charge in [0.2, 0.25) is 0 Å². The van der Waals surface area contributed by atoms with Crippen molar-refractivity contribution in [2.45, 2.75) is 6.54 Å². The van der Waals surface area contributed by atoms with E-state index in [9.17, 15) is 4.79 Å². The molecule has 0 N–H and O–H groups in total. The minimum absolute atomic E-state index is 0.0670. The van der Waals surface area contributed by atoms with Crippen LogP contribution >= 0.6 is 15.9 Å². The number of benzene rings is 2. The first-order chi connectivity index (χ1) is 9.24. The largest absolute Gasteiger partial charge is 0.274 e. The predicted molar refractivity (Wildman–Crippen MR) is 79.2 cm³/mol. The van der Waals surface area contributed by atoms with E-state index in [2.05, 4.69) is 21.0 Å². The van der Waals surface area contributed by atoms with Crippen molar-refractivity contribution < 1.29 is 0 Å². The summed E-state index contributed by atoms with van der Waals surface area (Å²) >= 11 is 3.39. The topological polar surface area (TPSA) is 34.9 Å². The van der Waals surface area contributed by atoms with Crippen molar-refractivity contribution in [2.75, 3.05) is 0 Å². The van der Waals surface area contributed by atoms with Crippen molar-refractivity contribution >= 4 is 26.7 Å². The number of halogens is 1. The van der Waals surface area contributed by atoms with Gasteiger partial charge in [-0.1, -0.05) is 52.3 Å². The number of nitrogens with zero attached hydrogens (tertiary/aromatic N) is 2. The van der Waals surface area contributed by atoms with Gasteiger partial charge in [-0.2, -0.15) is 5.10 Å². The SMILES string of the molecule is O=c1c2cc(Br)ccc2cnn1Cc1ccccc1. The Bertz CT molecular complexity index is 781. The van der Waals surface area contributed by atoms with E-state index in [4.69, 9.17) is 0 Å². The van der Waals surface area contributed by atoms with Crippen LogP contribution in [-0.4, -0.2) is 9.78 Å². The number of rotatable bonds is 2. The van der Waals surface area contributed by atoms with Crippen LogP contribution in [0, 0.1) is 0 Å². The summed E-state index contributed by atoms with van der Waals surface area (Å²) in [5.41, 5.74) is 0.995. The Morgan fingerprint density at radius 2 is 1.89 bits per heavy atom. The lowest BCUT2D eigenvalue weighted by molar-refractivity contribution is 0.647. The second-order valence-corrected chi connectivity index (χ2v) is 5.24. The van der Waals surface area contributed by atoms with E-state index in [-0.39, 0.29) is 5.56 Å². The minimum Gasteiger partial charge on any atom is -0.267 e.